The van der Waals surface area contributed by atoms with Crippen molar-refractivity contribution in [1.82, 2.24) is 29.7 Å². The minimum Gasteiger partial charge on any atom is -0.333 e. The van der Waals surface area contributed by atoms with Gasteiger partial charge in [0.2, 0.25) is 0 Å². The van der Waals surface area contributed by atoms with Gasteiger partial charge in [0.1, 0.15) is 5.56 Å². The van der Waals surface area contributed by atoms with Crippen LogP contribution in [0, 0.1) is 13.8 Å². The fourth-order valence-electron chi connectivity index (χ4n) is 3.30. The van der Waals surface area contributed by atoms with E-state index in [1.54, 1.807) is 22.7 Å². The van der Waals surface area contributed by atoms with Gasteiger partial charge in [-0.05, 0) is 32.9 Å². The zero-order valence-corrected chi connectivity index (χ0v) is 16.3. The molecule has 7 nitrogen and oxygen atoms in total. The van der Waals surface area contributed by atoms with Crippen molar-refractivity contribution in [1.29, 1.82) is 0 Å². The molecule has 0 fully saturated rings. The van der Waals surface area contributed by atoms with E-state index in [9.17, 15) is 4.79 Å². The number of aryl methyl sites for hydroxylation is 2. The van der Waals surface area contributed by atoms with E-state index in [1.165, 1.54) is 0 Å². The molecule has 0 aliphatic carbocycles. The monoisotopic (exact) mass is 374 g/mol. The quantitative estimate of drug-likeness (QED) is 0.592. The van der Waals surface area contributed by atoms with E-state index in [-0.39, 0.29) is 11.9 Å². The van der Waals surface area contributed by atoms with Crippen LogP contribution in [0.4, 0.5) is 0 Å². The van der Waals surface area contributed by atoms with Crippen molar-refractivity contribution in [2.24, 2.45) is 0 Å². The van der Waals surface area contributed by atoms with Gasteiger partial charge in [0.05, 0.1) is 23.6 Å². The molecule has 3 heterocycles. The van der Waals surface area contributed by atoms with Crippen molar-refractivity contribution in [2.75, 3.05) is 7.05 Å². The standard InChI is InChI=1S/C21H22N6O/c1-13-10-14(2)27-20(23-13)17(12-22-27)21(28)26(4)15(3)18-11-19(25-24-18)16-8-6-5-7-9-16/h5-12,15H,1-4H3,(H,24,25)/t15-/m0/s1. The number of nitrogens with one attached hydrogen (secondary N) is 1. The summed E-state index contributed by atoms with van der Waals surface area (Å²) in [6.07, 6.45) is 1.59. The molecule has 0 bridgehead atoms. The summed E-state index contributed by atoms with van der Waals surface area (Å²) in [5.41, 5.74) is 5.62. The molecule has 1 amide bonds. The van der Waals surface area contributed by atoms with Gasteiger partial charge in [-0.15, -0.1) is 0 Å². The van der Waals surface area contributed by atoms with Crippen molar-refractivity contribution < 1.29 is 4.79 Å². The molecular weight excluding hydrogens is 352 g/mol. The second kappa shape index (κ2) is 6.92. The highest BCUT2D eigenvalue weighted by Gasteiger charge is 2.24. The van der Waals surface area contributed by atoms with Gasteiger partial charge in [-0.25, -0.2) is 9.50 Å². The molecule has 1 N–H and O–H groups in total. The Labute approximate surface area is 163 Å². The molecular formula is C21H22N6O. The van der Waals surface area contributed by atoms with E-state index >= 15 is 0 Å². The van der Waals surface area contributed by atoms with Gasteiger partial charge in [-0.3, -0.25) is 9.89 Å². The summed E-state index contributed by atoms with van der Waals surface area (Å²) in [6, 6.07) is 13.7. The van der Waals surface area contributed by atoms with E-state index < -0.39 is 0 Å². The minimum atomic E-state index is -0.182. The molecule has 3 aromatic heterocycles. The lowest BCUT2D eigenvalue weighted by molar-refractivity contribution is 0.0741. The van der Waals surface area contributed by atoms with Gasteiger partial charge in [-0.2, -0.15) is 10.2 Å². The van der Waals surface area contributed by atoms with Gasteiger partial charge in [0.25, 0.3) is 5.91 Å². The lowest BCUT2D eigenvalue weighted by atomic mass is 10.1. The second-order valence-electron chi connectivity index (χ2n) is 7.00. The maximum absolute atomic E-state index is 13.1. The number of benzene rings is 1. The molecule has 28 heavy (non-hydrogen) atoms. The largest absolute Gasteiger partial charge is 0.333 e. The lowest BCUT2D eigenvalue weighted by Gasteiger charge is -2.23. The third kappa shape index (κ3) is 3.05. The van der Waals surface area contributed by atoms with Gasteiger partial charge < -0.3 is 4.90 Å². The molecule has 7 heteroatoms. The third-order valence-corrected chi connectivity index (χ3v) is 5.03. The Morgan fingerprint density at radius 1 is 1.18 bits per heavy atom. The first-order valence-electron chi connectivity index (χ1n) is 9.15. The molecule has 0 aliphatic heterocycles. The Hall–Kier alpha value is -3.48. The SMILES string of the molecule is Cc1cc(C)n2ncc(C(=O)N(C)[C@@H](C)c3cc(-c4ccccc4)n[nH]3)c2n1. The number of hydrogen-bond donors (Lipinski definition) is 1. The number of aromatic nitrogens is 5. The predicted octanol–water partition coefficient (Wildman–Crippen LogP) is 3.57. The molecule has 0 radical (unpaired) electrons. The lowest BCUT2D eigenvalue weighted by Crippen LogP contribution is -2.30. The summed E-state index contributed by atoms with van der Waals surface area (Å²) in [4.78, 5) is 19.3. The number of nitrogens with zero attached hydrogens (tertiary/aromatic N) is 5. The highest BCUT2D eigenvalue weighted by molar-refractivity contribution is 5.99. The zero-order valence-electron chi connectivity index (χ0n) is 16.3. The fraction of sp³-hybridized carbons (Fsp3) is 0.238. The van der Waals surface area contributed by atoms with Crippen LogP contribution in [0.3, 0.4) is 0 Å². The highest BCUT2D eigenvalue weighted by atomic mass is 16.2. The molecule has 142 valence electrons. The number of hydrogen-bond acceptors (Lipinski definition) is 4. The summed E-state index contributed by atoms with van der Waals surface area (Å²) < 4.78 is 1.70. The van der Waals surface area contributed by atoms with Crippen LogP contribution < -0.4 is 0 Å². The molecule has 0 spiro atoms. The first-order chi connectivity index (χ1) is 13.5. The minimum absolute atomic E-state index is 0.129. The molecule has 0 saturated heterocycles. The number of H-pyrrole nitrogens is 1. The zero-order chi connectivity index (χ0) is 19.8. The first-order valence-corrected chi connectivity index (χ1v) is 9.15. The van der Waals surface area contributed by atoms with Crippen molar-refractivity contribution in [3.05, 3.63) is 71.3 Å². The van der Waals surface area contributed by atoms with E-state index in [1.807, 2.05) is 63.2 Å². The van der Waals surface area contributed by atoms with Gasteiger partial charge in [0.15, 0.2) is 5.65 Å². The van der Waals surface area contributed by atoms with Gasteiger partial charge in [0, 0.05) is 24.0 Å². The summed E-state index contributed by atoms with van der Waals surface area (Å²) in [5.74, 6) is -0.129. The molecule has 4 aromatic rings. The third-order valence-electron chi connectivity index (χ3n) is 5.03. The van der Waals surface area contributed by atoms with Crippen LogP contribution in [0.5, 0.6) is 0 Å². The molecule has 0 saturated carbocycles. The first kappa shape index (κ1) is 17.9. The van der Waals surface area contributed by atoms with E-state index in [2.05, 4.69) is 20.3 Å². The van der Waals surface area contributed by atoms with Crippen LogP contribution in [0.15, 0.2) is 48.7 Å². The average Bonchev–Trinajstić information content (AvgIpc) is 3.34. The highest BCUT2D eigenvalue weighted by Crippen LogP contribution is 2.25. The summed E-state index contributed by atoms with van der Waals surface area (Å²) in [6.45, 7) is 5.83. The molecule has 0 unspecified atom stereocenters. The second-order valence-corrected chi connectivity index (χ2v) is 7.00. The number of rotatable bonds is 4. The number of amides is 1. The number of carbonyl (C=O) groups is 1. The van der Waals surface area contributed by atoms with Crippen molar-refractivity contribution in [3.63, 3.8) is 0 Å². The van der Waals surface area contributed by atoms with Crippen LogP contribution in [0.2, 0.25) is 0 Å². The Morgan fingerprint density at radius 3 is 2.68 bits per heavy atom. The summed E-state index contributed by atoms with van der Waals surface area (Å²) >= 11 is 0. The Kier molecular flexibility index (Phi) is 4.43. The Balaban J connectivity index is 1.62. The van der Waals surface area contributed by atoms with Crippen LogP contribution >= 0.6 is 0 Å². The summed E-state index contributed by atoms with van der Waals surface area (Å²) in [5, 5.41) is 11.8. The molecule has 1 aromatic carbocycles. The number of carbonyl (C=O) groups excluding carboxylic acids is 1. The number of aromatic amines is 1. The topological polar surface area (TPSA) is 79.2 Å². The maximum Gasteiger partial charge on any atom is 0.259 e. The summed E-state index contributed by atoms with van der Waals surface area (Å²) in [7, 11) is 1.78. The predicted molar refractivity (Wildman–Crippen MR) is 107 cm³/mol. The van der Waals surface area contributed by atoms with Gasteiger partial charge in [-0.1, -0.05) is 30.3 Å². The van der Waals surface area contributed by atoms with Crippen molar-refractivity contribution >= 4 is 11.6 Å². The van der Waals surface area contributed by atoms with Crippen LogP contribution in [0.25, 0.3) is 16.9 Å². The van der Waals surface area contributed by atoms with E-state index in [4.69, 9.17) is 0 Å². The van der Waals surface area contributed by atoms with Crippen LogP contribution in [-0.2, 0) is 0 Å². The number of fused-ring (bicyclic) bond motifs is 1. The fourth-order valence-corrected chi connectivity index (χ4v) is 3.30. The molecule has 4 rings (SSSR count). The molecule has 0 aliphatic rings. The van der Waals surface area contributed by atoms with E-state index in [0.29, 0.717) is 11.2 Å². The smallest absolute Gasteiger partial charge is 0.259 e. The van der Waals surface area contributed by atoms with Crippen LogP contribution in [0.1, 0.15) is 40.4 Å². The molecule has 1 atom stereocenters. The maximum atomic E-state index is 13.1. The van der Waals surface area contributed by atoms with E-state index in [0.717, 1.165) is 28.3 Å². The Bertz CT molecular complexity index is 1140. The van der Waals surface area contributed by atoms with Gasteiger partial charge >= 0.3 is 0 Å². The Morgan fingerprint density at radius 2 is 1.93 bits per heavy atom. The van der Waals surface area contributed by atoms with Crippen molar-refractivity contribution in [3.8, 4) is 11.3 Å². The normalized spacial score (nSPS) is 12.3. The average molecular weight is 374 g/mol. The van der Waals surface area contributed by atoms with Crippen molar-refractivity contribution in [2.45, 2.75) is 26.8 Å². The van der Waals surface area contributed by atoms with Crippen LogP contribution in [-0.4, -0.2) is 42.7 Å².